The number of benzene rings is 2. The molecule has 0 radical (unpaired) electrons. The third-order valence-corrected chi connectivity index (χ3v) is 7.56. The van der Waals surface area contributed by atoms with Crippen molar-refractivity contribution in [1.29, 1.82) is 0 Å². The molecular weight excluding hydrogens is 463 g/mol. The van der Waals surface area contributed by atoms with E-state index in [2.05, 4.69) is 44.5 Å². The Morgan fingerprint density at radius 2 is 1.81 bits per heavy atom. The topological polar surface area (TPSA) is 49.7 Å². The summed E-state index contributed by atoms with van der Waals surface area (Å²) >= 11 is 0. The molecule has 1 aliphatic rings. The molecule has 1 unspecified atom stereocenters. The Bertz CT molecular complexity index is 1270. The summed E-state index contributed by atoms with van der Waals surface area (Å²) in [5, 5.41) is 9.03. The van der Waals surface area contributed by atoms with Crippen LogP contribution in [0.4, 0.5) is 13.2 Å². The van der Waals surface area contributed by atoms with E-state index in [1.807, 2.05) is 11.5 Å². The van der Waals surface area contributed by atoms with E-state index in [0.29, 0.717) is 18.0 Å². The smallest absolute Gasteiger partial charge is 0.361 e. The molecule has 190 valence electrons. The first-order valence-electron chi connectivity index (χ1n) is 12.7. The van der Waals surface area contributed by atoms with Crippen LogP contribution < -0.4 is 0 Å². The van der Waals surface area contributed by atoms with Gasteiger partial charge < -0.3 is 9.88 Å². The Kier molecular flexibility index (Phi) is 7.14. The molecule has 0 amide bonds. The fourth-order valence-corrected chi connectivity index (χ4v) is 5.58. The normalized spacial score (nSPS) is 16.6. The van der Waals surface area contributed by atoms with E-state index < -0.39 is 11.7 Å². The predicted molar refractivity (Wildman–Crippen MR) is 135 cm³/mol. The number of aromatic amines is 1. The summed E-state index contributed by atoms with van der Waals surface area (Å²) in [7, 11) is 0. The van der Waals surface area contributed by atoms with Crippen LogP contribution in [0.3, 0.4) is 0 Å². The van der Waals surface area contributed by atoms with E-state index in [1.54, 1.807) is 24.8 Å². The van der Waals surface area contributed by atoms with Gasteiger partial charge in [0.1, 0.15) is 12.7 Å². The van der Waals surface area contributed by atoms with Gasteiger partial charge in [0.15, 0.2) is 0 Å². The third kappa shape index (κ3) is 5.48. The van der Waals surface area contributed by atoms with Gasteiger partial charge in [-0.2, -0.15) is 13.2 Å². The van der Waals surface area contributed by atoms with E-state index in [9.17, 15) is 13.2 Å². The summed E-state index contributed by atoms with van der Waals surface area (Å²) in [4.78, 5) is 5.72. The van der Waals surface area contributed by atoms with Gasteiger partial charge in [-0.15, -0.1) is 10.2 Å². The van der Waals surface area contributed by atoms with Crippen LogP contribution in [-0.2, 0) is 12.6 Å². The maximum Gasteiger partial charge on any atom is 0.416 e. The van der Waals surface area contributed by atoms with E-state index >= 15 is 0 Å². The highest BCUT2D eigenvalue weighted by Gasteiger charge is 2.34. The largest absolute Gasteiger partial charge is 0.416 e. The number of hydrogen-bond donors (Lipinski definition) is 1. The first kappa shape index (κ1) is 24.6. The number of fused-ring (bicyclic) bond motifs is 1. The van der Waals surface area contributed by atoms with Crippen molar-refractivity contribution >= 4 is 10.9 Å². The van der Waals surface area contributed by atoms with Crippen molar-refractivity contribution in [1.82, 2.24) is 24.6 Å². The van der Waals surface area contributed by atoms with Crippen molar-refractivity contribution < 1.29 is 13.2 Å². The van der Waals surface area contributed by atoms with Crippen molar-refractivity contribution in [2.24, 2.45) is 5.92 Å². The van der Waals surface area contributed by atoms with Gasteiger partial charge in [0.25, 0.3) is 0 Å². The first-order valence-corrected chi connectivity index (χ1v) is 12.7. The van der Waals surface area contributed by atoms with Crippen molar-refractivity contribution in [3.8, 4) is 5.69 Å². The molecule has 1 fully saturated rings. The molecule has 5 rings (SSSR count). The maximum atomic E-state index is 13.4. The summed E-state index contributed by atoms with van der Waals surface area (Å²) in [5.41, 5.74) is 3.41. The lowest BCUT2D eigenvalue weighted by atomic mass is 9.89. The standard InChI is InChI=1S/C28H32F3N5/c1-20(24-7-2-3-8-26(24)28(29,30)31)17-35-13-11-21(12-14-35)5-4-6-22-16-32-27-10-9-23(15-25(22)27)36-18-33-34-19-36/h2-3,7-10,15-16,18-21,32H,4-6,11-14,17H2,1H3. The van der Waals surface area contributed by atoms with Crippen LogP contribution in [0.25, 0.3) is 16.6 Å². The molecule has 1 saturated heterocycles. The number of piperidine rings is 1. The highest BCUT2D eigenvalue weighted by molar-refractivity contribution is 5.85. The van der Waals surface area contributed by atoms with Crippen molar-refractivity contribution in [3.05, 3.63) is 78.0 Å². The minimum atomic E-state index is -4.30. The van der Waals surface area contributed by atoms with Crippen LogP contribution in [0.5, 0.6) is 0 Å². The van der Waals surface area contributed by atoms with Gasteiger partial charge in [0.2, 0.25) is 0 Å². The maximum absolute atomic E-state index is 13.4. The lowest BCUT2D eigenvalue weighted by Gasteiger charge is -2.34. The van der Waals surface area contributed by atoms with Crippen LogP contribution in [0.15, 0.2) is 61.3 Å². The summed E-state index contributed by atoms with van der Waals surface area (Å²) in [6.07, 6.45) is 6.77. The Labute approximate surface area is 209 Å². The van der Waals surface area contributed by atoms with Crippen LogP contribution in [-0.4, -0.2) is 44.3 Å². The molecule has 1 atom stereocenters. The van der Waals surface area contributed by atoms with Crippen LogP contribution in [0.1, 0.15) is 55.2 Å². The quantitative estimate of drug-likeness (QED) is 0.299. The zero-order valence-electron chi connectivity index (χ0n) is 20.5. The van der Waals surface area contributed by atoms with E-state index in [1.165, 1.54) is 29.5 Å². The number of nitrogens with one attached hydrogen (secondary N) is 1. The zero-order chi connectivity index (χ0) is 25.1. The molecule has 36 heavy (non-hydrogen) atoms. The number of aromatic nitrogens is 4. The second-order valence-corrected chi connectivity index (χ2v) is 10.0. The second kappa shape index (κ2) is 10.5. The predicted octanol–water partition coefficient (Wildman–Crippen LogP) is 6.61. The van der Waals surface area contributed by atoms with Crippen LogP contribution in [0, 0.1) is 5.92 Å². The fraction of sp³-hybridized carbons (Fsp3) is 0.429. The molecule has 2 aromatic heterocycles. The number of alkyl halides is 3. The fourth-order valence-electron chi connectivity index (χ4n) is 5.58. The molecule has 1 aliphatic heterocycles. The summed E-state index contributed by atoms with van der Waals surface area (Å²) < 4.78 is 42.1. The molecule has 3 heterocycles. The van der Waals surface area contributed by atoms with Gasteiger partial charge in [-0.1, -0.05) is 31.5 Å². The lowest BCUT2D eigenvalue weighted by molar-refractivity contribution is -0.138. The monoisotopic (exact) mass is 495 g/mol. The van der Waals surface area contributed by atoms with E-state index in [-0.39, 0.29) is 5.92 Å². The highest BCUT2D eigenvalue weighted by atomic mass is 19.4. The van der Waals surface area contributed by atoms with Gasteiger partial charge >= 0.3 is 6.18 Å². The van der Waals surface area contributed by atoms with Crippen molar-refractivity contribution in [2.75, 3.05) is 19.6 Å². The Hall–Kier alpha value is -3.13. The molecular formula is C28H32F3N5. The van der Waals surface area contributed by atoms with Gasteiger partial charge in [-0.3, -0.25) is 4.57 Å². The van der Waals surface area contributed by atoms with Gasteiger partial charge in [0.05, 0.1) is 5.56 Å². The number of rotatable bonds is 8. The Morgan fingerprint density at radius 1 is 1.06 bits per heavy atom. The third-order valence-electron chi connectivity index (χ3n) is 7.56. The van der Waals surface area contributed by atoms with E-state index in [0.717, 1.165) is 50.0 Å². The Balaban J connectivity index is 1.11. The van der Waals surface area contributed by atoms with Crippen LogP contribution >= 0.6 is 0 Å². The van der Waals surface area contributed by atoms with Gasteiger partial charge in [-0.25, -0.2) is 0 Å². The van der Waals surface area contributed by atoms with Gasteiger partial charge in [0, 0.05) is 29.3 Å². The Morgan fingerprint density at radius 3 is 2.56 bits per heavy atom. The summed E-state index contributed by atoms with van der Waals surface area (Å²) in [5.74, 6) is 0.529. The highest BCUT2D eigenvalue weighted by Crippen LogP contribution is 2.36. The summed E-state index contributed by atoms with van der Waals surface area (Å²) in [6, 6.07) is 12.3. The molecule has 5 nitrogen and oxygen atoms in total. The molecule has 4 aromatic rings. The van der Waals surface area contributed by atoms with Crippen LogP contribution in [0.2, 0.25) is 0 Å². The number of nitrogens with zero attached hydrogens (tertiary/aromatic N) is 4. The molecule has 2 aromatic carbocycles. The number of H-pyrrole nitrogens is 1. The molecule has 8 heteroatoms. The second-order valence-electron chi connectivity index (χ2n) is 10.0. The molecule has 0 saturated carbocycles. The van der Waals surface area contributed by atoms with Gasteiger partial charge in [-0.05, 0) is 86.0 Å². The molecule has 0 spiro atoms. The molecule has 0 bridgehead atoms. The number of halogens is 3. The lowest BCUT2D eigenvalue weighted by Crippen LogP contribution is -2.36. The average molecular weight is 496 g/mol. The number of likely N-dealkylation sites (tertiary alicyclic amines) is 1. The minimum Gasteiger partial charge on any atom is -0.361 e. The zero-order valence-corrected chi connectivity index (χ0v) is 20.5. The number of aryl methyl sites for hydroxylation is 1. The molecule has 0 aliphatic carbocycles. The summed E-state index contributed by atoms with van der Waals surface area (Å²) in [6.45, 7) is 4.49. The van der Waals surface area contributed by atoms with Crippen molar-refractivity contribution in [2.45, 2.75) is 51.1 Å². The van der Waals surface area contributed by atoms with E-state index in [4.69, 9.17) is 0 Å². The SMILES string of the molecule is CC(CN1CCC(CCCc2c[nH]c3ccc(-n4cnnc4)cc23)CC1)c1ccccc1C(F)(F)F. The average Bonchev–Trinajstić information content (AvgIpc) is 3.55. The minimum absolute atomic E-state index is 0.149. The first-order chi connectivity index (χ1) is 17.4. The molecule has 1 N–H and O–H groups in total. The van der Waals surface area contributed by atoms with Crippen molar-refractivity contribution in [3.63, 3.8) is 0 Å². The number of hydrogen-bond acceptors (Lipinski definition) is 3.